The summed E-state index contributed by atoms with van der Waals surface area (Å²) in [6.45, 7) is 4.11. The van der Waals surface area contributed by atoms with Crippen molar-refractivity contribution in [3.05, 3.63) is 64.9 Å². The van der Waals surface area contributed by atoms with Crippen molar-refractivity contribution in [2.45, 2.75) is 44.9 Å². The van der Waals surface area contributed by atoms with Crippen LogP contribution in [-0.2, 0) is 14.3 Å². The Labute approximate surface area is 212 Å². The van der Waals surface area contributed by atoms with Crippen molar-refractivity contribution in [3.8, 4) is 17.2 Å². The maximum atomic E-state index is 13.8. The maximum Gasteiger partial charge on any atom is 0.315 e. The Hall–Kier alpha value is -3.61. The molecule has 4 rings (SSSR count). The van der Waals surface area contributed by atoms with Crippen molar-refractivity contribution in [1.29, 1.82) is 0 Å². The predicted molar refractivity (Wildman–Crippen MR) is 137 cm³/mol. The molecule has 7 nitrogen and oxygen atoms in total. The molecule has 1 unspecified atom stereocenters. The summed E-state index contributed by atoms with van der Waals surface area (Å²) in [7, 11) is 4.79. The number of methoxy groups -OCH3 is 3. The molecule has 2 aromatic rings. The van der Waals surface area contributed by atoms with Crippen LogP contribution in [0.4, 0.5) is 0 Å². The second kappa shape index (κ2) is 11.0. The topological polar surface area (TPSA) is 83.4 Å². The van der Waals surface area contributed by atoms with E-state index in [0.29, 0.717) is 54.4 Å². The van der Waals surface area contributed by atoms with E-state index in [1.807, 2.05) is 56.3 Å². The molecule has 0 N–H and O–H groups in total. The number of allylic oxidation sites excluding steroid dienone is 2. The molecule has 3 atom stereocenters. The van der Waals surface area contributed by atoms with E-state index in [0.717, 1.165) is 16.8 Å². The fraction of sp³-hybridized carbons (Fsp3) is 0.414. The molecule has 190 valence electrons. The SMILES string of the molecule is CCCOC(=O)C1C(C)=NC2=C(C(=O)C[C@H](c3ccc(OC)c(OC)c3)C2)[C@H]1c1ccccc1OC. The number of ether oxygens (including phenoxy) is 4. The minimum Gasteiger partial charge on any atom is -0.496 e. The van der Waals surface area contributed by atoms with Crippen LogP contribution in [0.15, 0.2) is 58.7 Å². The number of nitrogens with zero attached hydrogens (tertiary/aromatic N) is 1. The van der Waals surface area contributed by atoms with Crippen LogP contribution < -0.4 is 14.2 Å². The van der Waals surface area contributed by atoms with Crippen molar-refractivity contribution in [2.24, 2.45) is 10.9 Å². The first kappa shape index (κ1) is 25.5. The second-order valence-electron chi connectivity index (χ2n) is 9.12. The lowest BCUT2D eigenvalue weighted by Crippen LogP contribution is -2.38. The number of rotatable bonds is 8. The van der Waals surface area contributed by atoms with Crippen LogP contribution >= 0.6 is 0 Å². The van der Waals surface area contributed by atoms with Gasteiger partial charge in [0.25, 0.3) is 0 Å². The summed E-state index contributed by atoms with van der Waals surface area (Å²) in [4.78, 5) is 31.9. The summed E-state index contributed by atoms with van der Waals surface area (Å²) in [5, 5.41) is 0. The number of para-hydroxylation sites is 1. The quantitative estimate of drug-likeness (QED) is 0.470. The van der Waals surface area contributed by atoms with Gasteiger partial charge in [-0.1, -0.05) is 31.2 Å². The highest BCUT2D eigenvalue weighted by Gasteiger charge is 2.45. The molecule has 0 aromatic heterocycles. The summed E-state index contributed by atoms with van der Waals surface area (Å²) in [6, 6.07) is 13.3. The van der Waals surface area contributed by atoms with E-state index in [9.17, 15) is 9.59 Å². The molecule has 1 aliphatic heterocycles. The van der Waals surface area contributed by atoms with Gasteiger partial charge in [0.2, 0.25) is 0 Å². The molecule has 2 aliphatic rings. The maximum absolute atomic E-state index is 13.8. The number of carbonyl (C=O) groups is 2. The fourth-order valence-electron chi connectivity index (χ4n) is 5.26. The van der Waals surface area contributed by atoms with Crippen LogP contribution in [0.1, 0.15) is 56.1 Å². The number of ketones is 1. The molecule has 0 radical (unpaired) electrons. The summed E-state index contributed by atoms with van der Waals surface area (Å²) in [6.07, 6.45) is 1.61. The van der Waals surface area contributed by atoms with Crippen molar-refractivity contribution < 1.29 is 28.5 Å². The monoisotopic (exact) mass is 491 g/mol. The van der Waals surface area contributed by atoms with E-state index in [2.05, 4.69) is 0 Å². The van der Waals surface area contributed by atoms with Gasteiger partial charge in [-0.25, -0.2) is 0 Å². The predicted octanol–water partition coefficient (Wildman–Crippen LogP) is 5.24. The van der Waals surface area contributed by atoms with Gasteiger partial charge in [-0.15, -0.1) is 0 Å². The van der Waals surface area contributed by atoms with Gasteiger partial charge in [0.1, 0.15) is 11.7 Å². The molecule has 1 aliphatic carbocycles. The van der Waals surface area contributed by atoms with Crippen molar-refractivity contribution in [1.82, 2.24) is 0 Å². The summed E-state index contributed by atoms with van der Waals surface area (Å²) in [5.74, 6) is 0.245. The Morgan fingerprint density at radius 3 is 2.39 bits per heavy atom. The standard InChI is InChI=1S/C29H33NO6/c1-6-13-36-29(32)26-17(2)30-21-14-19(18-11-12-24(34-4)25(16-18)35-5)15-22(31)28(21)27(26)20-9-7-8-10-23(20)33-3/h7-12,16,19,26-27H,6,13-15H2,1-5H3/t19-,26?,27+/m1/s1. The second-order valence-corrected chi connectivity index (χ2v) is 9.12. The van der Waals surface area contributed by atoms with Crippen LogP contribution in [0.2, 0.25) is 0 Å². The molecule has 0 saturated heterocycles. The molecule has 0 bridgehead atoms. The van der Waals surface area contributed by atoms with Gasteiger partial charge in [0.05, 0.1) is 27.9 Å². The highest BCUT2D eigenvalue weighted by atomic mass is 16.5. The van der Waals surface area contributed by atoms with Gasteiger partial charge in [-0.3, -0.25) is 14.6 Å². The van der Waals surface area contributed by atoms with Crippen LogP contribution in [0.5, 0.6) is 17.2 Å². The van der Waals surface area contributed by atoms with Crippen LogP contribution in [0, 0.1) is 5.92 Å². The fourth-order valence-corrected chi connectivity index (χ4v) is 5.26. The highest BCUT2D eigenvalue weighted by molar-refractivity contribution is 6.09. The van der Waals surface area contributed by atoms with E-state index in [1.54, 1.807) is 21.3 Å². The lowest BCUT2D eigenvalue weighted by atomic mass is 9.69. The highest BCUT2D eigenvalue weighted by Crippen LogP contribution is 2.49. The molecule has 1 heterocycles. The summed E-state index contributed by atoms with van der Waals surface area (Å²) >= 11 is 0. The van der Waals surface area contributed by atoms with E-state index in [1.165, 1.54) is 0 Å². The van der Waals surface area contributed by atoms with Gasteiger partial charge in [0.15, 0.2) is 17.3 Å². The Morgan fingerprint density at radius 1 is 0.972 bits per heavy atom. The molecule has 36 heavy (non-hydrogen) atoms. The molecule has 0 fully saturated rings. The Balaban J connectivity index is 1.79. The summed E-state index contributed by atoms with van der Waals surface area (Å²) in [5.41, 5.74) is 3.72. The smallest absolute Gasteiger partial charge is 0.315 e. The van der Waals surface area contributed by atoms with Gasteiger partial charge in [-0.05, 0) is 49.4 Å². The van der Waals surface area contributed by atoms with Crippen molar-refractivity contribution in [3.63, 3.8) is 0 Å². The minimum absolute atomic E-state index is 0.0171. The Morgan fingerprint density at radius 2 is 1.69 bits per heavy atom. The number of hydrogen-bond acceptors (Lipinski definition) is 7. The zero-order valence-electron chi connectivity index (χ0n) is 21.5. The van der Waals surface area contributed by atoms with Gasteiger partial charge >= 0.3 is 5.97 Å². The number of hydrogen-bond donors (Lipinski definition) is 0. The number of aliphatic imine (C=N–C) groups is 1. The number of carbonyl (C=O) groups excluding carboxylic acids is 2. The zero-order valence-corrected chi connectivity index (χ0v) is 21.5. The zero-order chi connectivity index (χ0) is 25.8. The summed E-state index contributed by atoms with van der Waals surface area (Å²) < 4.78 is 22.0. The Kier molecular flexibility index (Phi) is 7.77. The van der Waals surface area contributed by atoms with Crippen molar-refractivity contribution in [2.75, 3.05) is 27.9 Å². The van der Waals surface area contributed by atoms with E-state index in [4.69, 9.17) is 23.9 Å². The van der Waals surface area contributed by atoms with Crippen LogP contribution in [-0.4, -0.2) is 45.4 Å². The number of benzene rings is 2. The first-order chi connectivity index (χ1) is 17.4. The molecule has 7 heteroatoms. The van der Waals surface area contributed by atoms with E-state index < -0.39 is 11.8 Å². The third-order valence-corrected chi connectivity index (χ3v) is 6.94. The minimum atomic E-state index is -0.687. The molecular formula is C29H33NO6. The lowest BCUT2D eigenvalue weighted by Gasteiger charge is -2.37. The van der Waals surface area contributed by atoms with Gasteiger partial charge < -0.3 is 18.9 Å². The molecular weight excluding hydrogens is 458 g/mol. The normalized spacial score (nSPS) is 21.4. The average Bonchev–Trinajstić information content (AvgIpc) is 2.90. The first-order valence-corrected chi connectivity index (χ1v) is 12.3. The molecule has 0 spiro atoms. The largest absolute Gasteiger partial charge is 0.496 e. The third kappa shape index (κ3) is 4.74. The van der Waals surface area contributed by atoms with Crippen molar-refractivity contribution >= 4 is 17.5 Å². The van der Waals surface area contributed by atoms with E-state index in [-0.39, 0.29) is 17.7 Å². The van der Waals surface area contributed by atoms with Crippen LogP contribution in [0.25, 0.3) is 0 Å². The van der Waals surface area contributed by atoms with Gasteiger partial charge in [-0.2, -0.15) is 0 Å². The van der Waals surface area contributed by atoms with E-state index >= 15 is 0 Å². The molecule has 2 aromatic carbocycles. The van der Waals surface area contributed by atoms with Gasteiger partial charge in [0, 0.05) is 34.9 Å². The first-order valence-electron chi connectivity index (χ1n) is 12.3. The molecule has 0 saturated carbocycles. The Bertz CT molecular complexity index is 1210. The molecule has 0 amide bonds. The third-order valence-electron chi connectivity index (χ3n) is 6.94. The number of esters is 1. The van der Waals surface area contributed by atoms with Crippen LogP contribution in [0.3, 0.4) is 0 Å². The average molecular weight is 492 g/mol. The lowest BCUT2D eigenvalue weighted by molar-refractivity contribution is -0.146. The number of Topliss-reactive ketones (excluding diaryl/α,β-unsaturated/α-hetero) is 1.